The predicted octanol–water partition coefficient (Wildman–Crippen LogP) is 3.66. The van der Waals surface area contributed by atoms with Gasteiger partial charge in [0.2, 0.25) is 0 Å². The zero-order valence-corrected chi connectivity index (χ0v) is 14.5. The summed E-state index contributed by atoms with van der Waals surface area (Å²) in [5, 5.41) is 11.7. The maximum absolute atomic E-state index is 5.84. The largest absolute Gasteiger partial charge is 0.389 e. The molecule has 0 aliphatic heterocycles. The number of hydrogen-bond donors (Lipinski definition) is 2. The lowest BCUT2D eigenvalue weighted by atomic mass is 10.1. The van der Waals surface area contributed by atoms with E-state index in [1.54, 1.807) is 0 Å². The Morgan fingerprint density at radius 3 is 2.67 bits per heavy atom. The number of aromatic nitrogens is 2. The molecular formula is C15H17BrN4S. The third kappa shape index (κ3) is 3.57. The van der Waals surface area contributed by atoms with Crippen molar-refractivity contribution in [3.05, 3.63) is 51.1 Å². The first-order valence-corrected chi connectivity index (χ1v) is 7.76. The van der Waals surface area contributed by atoms with Crippen molar-refractivity contribution in [2.24, 2.45) is 5.73 Å². The van der Waals surface area contributed by atoms with Gasteiger partial charge < -0.3 is 11.1 Å². The number of hydrogen-bond acceptors (Lipinski definition) is 4. The van der Waals surface area contributed by atoms with Gasteiger partial charge in [-0.2, -0.15) is 5.10 Å². The van der Waals surface area contributed by atoms with Gasteiger partial charge in [-0.15, -0.1) is 5.10 Å². The van der Waals surface area contributed by atoms with Crippen LogP contribution in [0.15, 0.2) is 28.7 Å². The van der Waals surface area contributed by atoms with Crippen LogP contribution in [0.4, 0.5) is 5.82 Å². The van der Waals surface area contributed by atoms with Crippen LogP contribution in [-0.4, -0.2) is 15.2 Å². The normalized spacial score (nSPS) is 12.0. The van der Waals surface area contributed by atoms with Gasteiger partial charge in [-0.3, -0.25) is 0 Å². The fourth-order valence-corrected chi connectivity index (χ4v) is 2.74. The van der Waals surface area contributed by atoms with Crippen molar-refractivity contribution in [2.75, 3.05) is 5.32 Å². The molecule has 0 bridgehead atoms. The number of thiocarbonyl (C=S) groups is 1. The molecule has 110 valence electrons. The molecule has 1 heterocycles. The van der Waals surface area contributed by atoms with Crippen LogP contribution in [0.25, 0.3) is 0 Å². The van der Waals surface area contributed by atoms with Gasteiger partial charge in [-0.25, -0.2) is 0 Å². The number of aryl methyl sites for hydroxylation is 1. The molecule has 1 atom stereocenters. The smallest absolute Gasteiger partial charge is 0.159 e. The van der Waals surface area contributed by atoms with E-state index in [0.717, 1.165) is 26.9 Å². The predicted molar refractivity (Wildman–Crippen MR) is 93.6 cm³/mol. The van der Waals surface area contributed by atoms with Crippen molar-refractivity contribution < 1.29 is 0 Å². The summed E-state index contributed by atoms with van der Waals surface area (Å²) in [6, 6.07) is 8.17. The second-order valence-electron chi connectivity index (χ2n) is 4.92. The van der Waals surface area contributed by atoms with Crippen LogP contribution < -0.4 is 11.1 Å². The molecule has 0 aliphatic carbocycles. The van der Waals surface area contributed by atoms with Crippen molar-refractivity contribution in [1.82, 2.24) is 10.2 Å². The fraction of sp³-hybridized carbons (Fsp3) is 0.267. The maximum Gasteiger partial charge on any atom is 0.159 e. The zero-order valence-electron chi connectivity index (χ0n) is 12.1. The molecule has 2 rings (SSSR count). The first-order valence-electron chi connectivity index (χ1n) is 6.56. The third-order valence-corrected chi connectivity index (χ3v) is 4.10. The number of nitrogens with one attached hydrogen (secondary N) is 1. The standard InChI is InChI=1S/C15H17BrN4S/c1-8-9(2)19-20-15(13(8)14(17)21)18-10(3)11-5-4-6-12(16)7-11/h4-7,10H,1-3H3,(H2,17,21)(H,18,20). The lowest BCUT2D eigenvalue weighted by Gasteiger charge is -2.18. The van der Waals surface area contributed by atoms with E-state index in [4.69, 9.17) is 18.0 Å². The van der Waals surface area contributed by atoms with Gasteiger partial charge in [0.25, 0.3) is 0 Å². The van der Waals surface area contributed by atoms with E-state index in [1.165, 1.54) is 0 Å². The monoisotopic (exact) mass is 364 g/mol. The molecule has 0 fully saturated rings. The SMILES string of the molecule is Cc1nnc(NC(C)c2cccc(Br)c2)c(C(N)=S)c1C. The van der Waals surface area contributed by atoms with Crippen LogP contribution in [-0.2, 0) is 0 Å². The van der Waals surface area contributed by atoms with E-state index in [2.05, 4.69) is 50.5 Å². The topological polar surface area (TPSA) is 63.8 Å². The highest BCUT2D eigenvalue weighted by molar-refractivity contribution is 9.10. The molecule has 0 radical (unpaired) electrons. The second-order valence-corrected chi connectivity index (χ2v) is 6.27. The van der Waals surface area contributed by atoms with Crippen LogP contribution in [0.1, 0.15) is 35.3 Å². The van der Waals surface area contributed by atoms with Crippen molar-refractivity contribution in [3.63, 3.8) is 0 Å². The molecule has 0 saturated heterocycles. The molecule has 1 aromatic heterocycles. The number of nitrogens with zero attached hydrogens (tertiary/aromatic N) is 2. The molecule has 4 nitrogen and oxygen atoms in total. The van der Waals surface area contributed by atoms with Gasteiger partial charge in [0.1, 0.15) is 4.99 Å². The Hall–Kier alpha value is -1.53. The Kier molecular flexibility index (Phi) is 4.90. The molecule has 1 aromatic carbocycles. The maximum atomic E-state index is 5.84. The molecule has 6 heteroatoms. The van der Waals surface area contributed by atoms with Crippen LogP contribution >= 0.6 is 28.1 Å². The summed E-state index contributed by atoms with van der Waals surface area (Å²) in [5.74, 6) is 0.623. The van der Waals surface area contributed by atoms with Gasteiger partial charge in [-0.1, -0.05) is 40.3 Å². The van der Waals surface area contributed by atoms with Crippen molar-refractivity contribution in [2.45, 2.75) is 26.8 Å². The van der Waals surface area contributed by atoms with Gasteiger partial charge in [0.05, 0.1) is 17.3 Å². The lowest BCUT2D eigenvalue weighted by Crippen LogP contribution is -2.19. The van der Waals surface area contributed by atoms with Gasteiger partial charge >= 0.3 is 0 Å². The van der Waals surface area contributed by atoms with Crippen LogP contribution in [0, 0.1) is 13.8 Å². The summed E-state index contributed by atoms with van der Waals surface area (Å²) < 4.78 is 1.04. The van der Waals surface area contributed by atoms with Gasteiger partial charge in [-0.05, 0) is 44.0 Å². The van der Waals surface area contributed by atoms with Gasteiger partial charge in [0.15, 0.2) is 5.82 Å². The van der Waals surface area contributed by atoms with Crippen LogP contribution in [0.5, 0.6) is 0 Å². The number of rotatable bonds is 4. The summed E-state index contributed by atoms with van der Waals surface area (Å²) in [6.45, 7) is 5.90. The summed E-state index contributed by atoms with van der Waals surface area (Å²) in [6.07, 6.45) is 0. The highest BCUT2D eigenvalue weighted by atomic mass is 79.9. The van der Waals surface area contributed by atoms with E-state index in [9.17, 15) is 0 Å². The van der Waals surface area contributed by atoms with Crippen molar-refractivity contribution in [3.8, 4) is 0 Å². The van der Waals surface area contributed by atoms with Crippen LogP contribution in [0.3, 0.4) is 0 Å². The van der Waals surface area contributed by atoms with E-state index in [0.29, 0.717) is 10.8 Å². The van der Waals surface area contributed by atoms with Crippen molar-refractivity contribution in [1.29, 1.82) is 0 Å². The van der Waals surface area contributed by atoms with E-state index in [-0.39, 0.29) is 6.04 Å². The summed E-state index contributed by atoms with van der Waals surface area (Å²) in [7, 11) is 0. The zero-order chi connectivity index (χ0) is 15.6. The highest BCUT2D eigenvalue weighted by Crippen LogP contribution is 2.24. The minimum Gasteiger partial charge on any atom is -0.389 e. The van der Waals surface area contributed by atoms with E-state index >= 15 is 0 Å². The first-order chi connectivity index (χ1) is 9.90. The second kappa shape index (κ2) is 6.49. The van der Waals surface area contributed by atoms with E-state index < -0.39 is 0 Å². The number of benzene rings is 1. The van der Waals surface area contributed by atoms with Gasteiger partial charge in [0, 0.05) is 4.47 Å². The third-order valence-electron chi connectivity index (χ3n) is 3.40. The summed E-state index contributed by atoms with van der Waals surface area (Å²) in [4.78, 5) is 0.328. The first kappa shape index (κ1) is 15.9. The molecular weight excluding hydrogens is 348 g/mol. The Bertz CT molecular complexity index is 687. The number of nitrogens with two attached hydrogens (primary N) is 1. The van der Waals surface area contributed by atoms with Crippen molar-refractivity contribution >= 4 is 39.0 Å². The number of anilines is 1. The Balaban J connectivity index is 2.35. The summed E-state index contributed by atoms with van der Waals surface area (Å²) >= 11 is 8.63. The quantitative estimate of drug-likeness (QED) is 0.810. The molecule has 1 unspecified atom stereocenters. The molecule has 0 spiro atoms. The Morgan fingerprint density at radius 2 is 2.05 bits per heavy atom. The average molecular weight is 365 g/mol. The Labute approximate surface area is 138 Å². The molecule has 0 amide bonds. The Morgan fingerprint density at radius 1 is 1.33 bits per heavy atom. The number of halogens is 1. The lowest BCUT2D eigenvalue weighted by molar-refractivity contribution is 0.850. The minimum absolute atomic E-state index is 0.0620. The summed E-state index contributed by atoms with van der Waals surface area (Å²) in [5.41, 5.74) is 9.53. The molecule has 21 heavy (non-hydrogen) atoms. The van der Waals surface area contributed by atoms with Crippen LogP contribution in [0.2, 0.25) is 0 Å². The molecule has 0 aliphatic rings. The van der Waals surface area contributed by atoms with E-state index in [1.807, 2.05) is 26.0 Å². The fourth-order valence-electron chi connectivity index (χ4n) is 2.08. The average Bonchev–Trinajstić information content (AvgIpc) is 2.42. The molecule has 2 aromatic rings. The minimum atomic E-state index is 0.0620. The molecule has 3 N–H and O–H groups in total. The highest BCUT2D eigenvalue weighted by Gasteiger charge is 2.16. The molecule has 0 saturated carbocycles.